The SMILES string of the molecule is Cc1csc(/C(C#N)=C/NCc2ccccn2)n1. The number of nitriles is 1. The molecule has 0 aliphatic rings. The van der Waals surface area contributed by atoms with Crippen LogP contribution in [0.25, 0.3) is 5.57 Å². The zero-order valence-electron chi connectivity index (χ0n) is 9.92. The van der Waals surface area contributed by atoms with E-state index in [4.69, 9.17) is 5.26 Å². The van der Waals surface area contributed by atoms with Gasteiger partial charge in [-0.2, -0.15) is 5.26 Å². The normalized spacial score (nSPS) is 11.0. The van der Waals surface area contributed by atoms with Crippen molar-refractivity contribution < 1.29 is 0 Å². The van der Waals surface area contributed by atoms with Crippen molar-refractivity contribution in [3.63, 3.8) is 0 Å². The van der Waals surface area contributed by atoms with Gasteiger partial charge in [-0.25, -0.2) is 4.98 Å². The van der Waals surface area contributed by atoms with Gasteiger partial charge in [-0.3, -0.25) is 4.98 Å². The molecule has 2 aromatic heterocycles. The number of thiazole rings is 1. The second-order valence-electron chi connectivity index (χ2n) is 3.67. The summed E-state index contributed by atoms with van der Waals surface area (Å²) in [7, 11) is 0. The highest BCUT2D eigenvalue weighted by atomic mass is 32.1. The number of nitrogens with one attached hydrogen (secondary N) is 1. The van der Waals surface area contributed by atoms with Gasteiger partial charge < -0.3 is 5.32 Å². The van der Waals surface area contributed by atoms with Crippen LogP contribution in [0.1, 0.15) is 16.4 Å². The van der Waals surface area contributed by atoms with Crippen molar-refractivity contribution in [2.75, 3.05) is 0 Å². The minimum absolute atomic E-state index is 0.545. The van der Waals surface area contributed by atoms with Gasteiger partial charge >= 0.3 is 0 Å². The van der Waals surface area contributed by atoms with E-state index in [0.717, 1.165) is 16.4 Å². The molecular weight excluding hydrogens is 244 g/mol. The molecule has 0 fully saturated rings. The van der Waals surface area contributed by atoms with Crippen LogP contribution in [-0.2, 0) is 6.54 Å². The maximum atomic E-state index is 9.08. The molecule has 0 atom stereocenters. The van der Waals surface area contributed by atoms with Crippen LogP contribution in [-0.4, -0.2) is 9.97 Å². The molecule has 2 rings (SSSR count). The summed E-state index contributed by atoms with van der Waals surface area (Å²) < 4.78 is 0. The van der Waals surface area contributed by atoms with Crippen molar-refractivity contribution in [1.82, 2.24) is 15.3 Å². The largest absolute Gasteiger partial charge is 0.384 e. The summed E-state index contributed by atoms with van der Waals surface area (Å²) in [5, 5.41) is 14.8. The Morgan fingerprint density at radius 3 is 3.06 bits per heavy atom. The number of hydrogen-bond acceptors (Lipinski definition) is 5. The second kappa shape index (κ2) is 5.94. The van der Waals surface area contributed by atoms with Gasteiger partial charge in [0.1, 0.15) is 16.6 Å². The van der Waals surface area contributed by atoms with E-state index < -0.39 is 0 Å². The van der Waals surface area contributed by atoms with Crippen molar-refractivity contribution in [1.29, 1.82) is 5.26 Å². The molecule has 0 aliphatic heterocycles. The number of aromatic nitrogens is 2. The van der Waals surface area contributed by atoms with Crippen LogP contribution in [0, 0.1) is 18.3 Å². The van der Waals surface area contributed by atoms with Crippen molar-refractivity contribution in [2.24, 2.45) is 0 Å². The molecular formula is C13H12N4S. The summed E-state index contributed by atoms with van der Waals surface area (Å²) in [5.41, 5.74) is 2.41. The number of aryl methyl sites for hydroxylation is 1. The molecule has 2 aromatic rings. The molecule has 4 nitrogen and oxygen atoms in total. The Balaban J connectivity index is 2.02. The Kier molecular flexibility index (Phi) is 4.05. The van der Waals surface area contributed by atoms with Crippen LogP contribution in [0.5, 0.6) is 0 Å². The van der Waals surface area contributed by atoms with Gasteiger partial charge in [-0.1, -0.05) is 6.07 Å². The molecule has 5 heteroatoms. The molecule has 0 unspecified atom stereocenters. The van der Waals surface area contributed by atoms with E-state index >= 15 is 0 Å². The fourth-order valence-electron chi connectivity index (χ4n) is 1.38. The summed E-state index contributed by atoms with van der Waals surface area (Å²) in [6, 6.07) is 7.88. The molecule has 0 radical (unpaired) electrons. The molecule has 2 heterocycles. The summed E-state index contributed by atoms with van der Waals surface area (Å²) in [4.78, 5) is 8.47. The molecule has 0 aliphatic carbocycles. The lowest BCUT2D eigenvalue weighted by Crippen LogP contribution is -2.06. The quantitative estimate of drug-likeness (QED) is 0.854. The fraction of sp³-hybridized carbons (Fsp3) is 0.154. The van der Waals surface area contributed by atoms with Gasteiger partial charge in [-0.15, -0.1) is 11.3 Å². The second-order valence-corrected chi connectivity index (χ2v) is 4.52. The number of nitrogens with zero attached hydrogens (tertiary/aromatic N) is 3. The third kappa shape index (κ3) is 3.15. The smallest absolute Gasteiger partial charge is 0.135 e. The highest BCUT2D eigenvalue weighted by Crippen LogP contribution is 2.17. The van der Waals surface area contributed by atoms with Crippen LogP contribution in [0.2, 0.25) is 0 Å². The Morgan fingerprint density at radius 2 is 2.44 bits per heavy atom. The van der Waals surface area contributed by atoms with Crippen LogP contribution in [0.4, 0.5) is 0 Å². The minimum atomic E-state index is 0.545. The maximum absolute atomic E-state index is 9.08. The maximum Gasteiger partial charge on any atom is 0.135 e. The molecule has 0 saturated heterocycles. The van der Waals surface area contributed by atoms with Gasteiger partial charge in [0.05, 0.1) is 12.2 Å². The summed E-state index contributed by atoms with van der Waals surface area (Å²) in [6.07, 6.45) is 3.43. The fourth-order valence-corrected chi connectivity index (χ4v) is 2.14. The van der Waals surface area contributed by atoms with Crippen LogP contribution < -0.4 is 5.32 Å². The van der Waals surface area contributed by atoms with Crippen molar-refractivity contribution >= 4 is 16.9 Å². The lowest BCUT2D eigenvalue weighted by Gasteiger charge is -2.00. The first-order valence-corrected chi connectivity index (χ1v) is 6.33. The zero-order valence-corrected chi connectivity index (χ0v) is 10.7. The van der Waals surface area contributed by atoms with E-state index in [1.165, 1.54) is 11.3 Å². The van der Waals surface area contributed by atoms with E-state index in [1.807, 2.05) is 30.5 Å². The van der Waals surface area contributed by atoms with E-state index in [0.29, 0.717) is 12.1 Å². The Labute approximate surface area is 110 Å². The molecule has 1 N–H and O–H groups in total. The number of pyridine rings is 1. The van der Waals surface area contributed by atoms with Gasteiger partial charge in [0.25, 0.3) is 0 Å². The van der Waals surface area contributed by atoms with E-state index in [9.17, 15) is 0 Å². The number of hydrogen-bond donors (Lipinski definition) is 1. The van der Waals surface area contributed by atoms with Crippen LogP contribution in [0.3, 0.4) is 0 Å². The lowest BCUT2D eigenvalue weighted by atomic mass is 10.3. The van der Waals surface area contributed by atoms with E-state index in [2.05, 4.69) is 21.4 Å². The number of rotatable bonds is 4. The number of allylic oxidation sites excluding steroid dienone is 1. The molecule has 0 bridgehead atoms. The van der Waals surface area contributed by atoms with Crippen molar-refractivity contribution in [3.8, 4) is 6.07 Å². The topological polar surface area (TPSA) is 61.6 Å². The highest BCUT2D eigenvalue weighted by Gasteiger charge is 2.04. The molecule has 0 aromatic carbocycles. The molecule has 90 valence electrons. The third-order valence-electron chi connectivity index (χ3n) is 2.23. The first-order valence-electron chi connectivity index (χ1n) is 5.45. The predicted molar refractivity (Wildman–Crippen MR) is 71.5 cm³/mol. The third-order valence-corrected chi connectivity index (χ3v) is 3.22. The highest BCUT2D eigenvalue weighted by molar-refractivity contribution is 7.10. The summed E-state index contributed by atoms with van der Waals surface area (Å²) in [5.74, 6) is 0. The van der Waals surface area contributed by atoms with E-state index in [-0.39, 0.29) is 0 Å². The standard InChI is InChI=1S/C13H12N4S/c1-10-9-18-13(17-10)11(6-14)7-15-8-12-4-2-3-5-16-12/h2-5,7,9,15H,8H2,1H3/b11-7+. The van der Waals surface area contributed by atoms with E-state index in [1.54, 1.807) is 12.4 Å². The average Bonchev–Trinajstić information content (AvgIpc) is 2.82. The van der Waals surface area contributed by atoms with Gasteiger partial charge in [0, 0.05) is 23.5 Å². The Morgan fingerprint density at radius 1 is 1.56 bits per heavy atom. The van der Waals surface area contributed by atoms with Gasteiger partial charge in [0.2, 0.25) is 0 Å². The predicted octanol–water partition coefficient (Wildman–Crippen LogP) is 2.50. The van der Waals surface area contributed by atoms with Crippen molar-refractivity contribution in [3.05, 3.63) is 52.4 Å². The Hall–Kier alpha value is -2.19. The molecule has 0 amide bonds. The molecule has 18 heavy (non-hydrogen) atoms. The minimum Gasteiger partial charge on any atom is -0.384 e. The van der Waals surface area contributed by atoms with Gasteiger partial charge in [-0.05, 0) is 19.1 Å². The first kappa shape index (κ1) is 12.3. The average molecular weight is 256 g/mol. The van der Waals surface area contributed by atoms with Crippen molar-refractivity contribution in [2.45, 2.75) is 13.5 Å². The van der Waals surface area contributed by atoms with Crippen LogP contribution in [0.15, 0.2) is 36.0 Å². The first-order chi connectivity index (χ1) is 8.79. The monoisotopic (exact) mass is 256 g/mol. The Bertz CT molecular complexity index is 581. The molecule has 0 saturated carbocycles. The zero-order chi connectivity index (χ0) is 12.8. The van der Waals surface area contributed by atoms with Gasteiger partial charge in [0.15, 0.2) is 0 Å². The lowest BCUT2D eigenvalue weighted by molar-refractivity contribution is 0.837. The summed E-state index contributed by atoms with van der Waals surface area (Å²) in [6.45, 7) is 2.51. The van der Waals surface area contributed by atoms with Crippen LogP contribution >= 0.6 is 11.3 Å². The molecule has 0 spiro atoms. The summed E-state index contributed by atoms with van der Waals surface area (Å²) >= 11 is 1.47.